The Morgan fingerprint density at radius 1 is 1.04 bits per heavy atom. The minimum absolute atomic E-state index is 0.0596. The van der Waals surface area contributed by atoms with Gasteiger partial charge in [-0.25, -0.2) is 0 Å². The lowest BCUT2D eigenvalue weighted by molar-refractivity contribution is -0.141. The molecule has 1 atom stereocenters. The molecule has 0 saturated carbocycles. The minimum atomic E-state index is -0.301. The zero-order valence-electron chi connectivity index (χ0n) is 16.0. The van der Waals surface area contributed by atoms with E-state index in [2.05, 4.69) is 25.1 Å². The number of ether oxygens (including phenoxy) is 3. The van der Waals surface area contributed by atoms with Crippen molar-refractivity contribution in [2.75, 3.05) is 20.8 Å². The number of carbonyl (C=O) groups is 1. The smallest absolute Gasteiger partial charge is 0.302 e. The minimum Gasteiger partial charge on any atom is -0.496 e. The van der Waals surface area contributed by atoms with E-state index < -0.39 is 0 Å². The monoisotopic (exact) mass is 354 g/mol. The molecular weight excluding hydrogens is 328 g/mol. The summed E-state index contributed by atoms with van der Waals surface area (Å²) in [7, 11) is 3.27. The van der Waals surface area contributed by atoms with Crippen molar-refractivity contribution in [2.45, 2.75) is 26.7 Å². The summed E-state index contributed by atoms with van der Waals surface area (Å²) >= 11 is 0. The van der Waals surface area contributed by atoms with Crippen molar-refractivity contribution >= 4 is 18.1 Å². The fourth-order valence-corrected chi connectivity index (χ4v) is 2.88. The van der Waals surface area contributed by atoms with Gasteiger partial charge in [0.1, 0.15) is 11.5 Å². The van der Waals surface area contributed by atoms with Gasteiger partial charge in [0.15, 0.2) is 0 Å². The molecule has 4 nitrogen and oxygen atoms in total. The first-order valence-corrected chi connectivity index (χ1v) is 8.59. The van der Waals surface area contributed by atoms with E-state index >= 15 is 0 Å². The summed E-state index contributed by atoms with van der Waals surface area (Å²) in [5.74, 6) is 1.09. The normalized spacial score (nSPS) is 12.0. The van der Waals surface area contributed by atoms with E-state index in [4.69, 9.17) is 14.2 Å². The second kappa shape index (κ2) is 9.09. The van der Waals surface area contributed by atoms with Crippen molar-refractivity contribution in [3.63, 3.8) is 0 Å². The van der Waals surface area contributed by atoms with E-state index in [1.807, 2.05) is 37.3 Å². The maximum Gasteiger partial charge on any atom is 0.302 e. The van der Waals surface area contributed by atoms with Gasteiger partial charge in [-0.05, 0) is 30.2 Å². The van der Waals surface area contributed by atoms with Gasteiger partial charge < -0.3 is 14.2 Å². The lowest BCUT2D eigenvalue weighted by Gasteiger charge is -2.20. The number of rotatable bonds is 7. The third-order valence-corrected chi connectivity index (χ3v) is 4.27. The van der Waals surface area contributed by atoms with E-state index in [1.54, 1.807) is 14.2 Å². The van der Waals surface area contributed by atoms with Gasteiger partial charge in [-0.3, -0.25) is 4.79 Å². The Kier molecular flexibility index (Phi) is 6.84. The predicted octanol–water partition coefficient (Wildman–Crippen LogP) is 4.85. The SMILES string of the molecule is COc1ccc(C=Cc2ccccc2C)c(OC)c1C(C)COC(C)=O. The Hall–Kier alpha value is -2.75. The van der Waals surface area contributed by atoms with E-state index in [9.17, 15) is 4.79 Å². The van der Waals surface area contributed by atoms with Crippen LogP contribution in [0.15, 0.2) is 36.4 Å². The molecule has 0 heterocycles. The first kappa shape index (κ1) is 19.6. The number of aryl methyl sites for hydroxylation is 1. The quantitative estimate of drug-likeness (QED) is 0.527. The molecule has 0 saturated heterocycles. The van der Waals surface area contributed by atoms with Crippen LogP contribution in [0.1, 0.15) is 42.0 Å². The molecule has 4 heteroatoms. The molecule has 0 aliphatic carbocycles. The Labute approximate surface area is 155 Å². The highest BCUT2D eigenvalue weighted by Gasteiger charge is 2.20. The molecule has 1 unspecified atom stereocenters. The van der Waals surface area contributed by atoms with Crippen molar-refractivity contribution in [2.24, 2.45) is 0 Å². The number of carbonyl (C=O) groups excluding carboxylic acids is 1. The molecule has 0 fully saturated rings. The van der Waals surface area contributed by atoms with Crippen LogP contribution in [-0.4, -0.2) is 26.8 Å². The van der Waals surface area contributed by atoms with E-state index in [0.29, 0.717) is 0 Å². The van der Waals surface area contributed by atoms with Crippen LogP contribution in [0.5, 0.6) is 11.5 Å². The Morgan fingerprint density at radius 2 is 1.73 bits per heavy atom. The van der Waals surface area contributed by atoms with Gasteiger partial charge in [0.05, 0.1) is 20.8 Å². The zero-order chi connectivity index (χ0) is 19.1. The van der Waals surface area contributed by atoms with Crippen molar-refractivity contribution in [3.05, 3.63) is 58.7 Å². The number of hydrogen-bond donors (Lipinski definition) is 0. The molecule has 2 aromatic carbocycles. The Bertz CT molecular complexity index is 793. The maximum atomic E-state index is 11.2. The molecule has 2 rings (SSSR count). The average Bonchev–Trinajstić information content (AvgIpc) is 2.64. The van der Waals surface area contributed by atoms with Crippen molar-refractivity contribution < 1.29 is 19.0 Å². The highest BCUT2D eigenvalue weighted by molar-refractivity contribution is 5.75. The molecule has 0 aliphatic heterocycles. The number of esters is 1. The second-order valence-electron chi connectivity index (χ2n) is 6.20. The summed E-state index contributed by atoms with van der Waals surface area (Å²) in [5.41, 5.74) is 4.20. The molecule has 0 N–H and O–H groups in total. The highest BCUT2D eigenvalue weighted by Crippen LogP contribution is 2.39. The largest absolute Gasteiger partial charge is 0.496 e. The van der Waals surface area contributed by atoms with E-state index in [0.717, 1.165) is 28.2 Å². The number of benzene rings is 2. The first-order chi connectivity index (χ1) is 12.5. The van der Waals surface area contributed by atoms with Crippen LogP contribution in [0.25, 0.3) is 12.2 Å². The van der Waals surface area contributed by atoms with Crippen LogP contribution in [0.4, 0.5) is 0 Å². The van der Waals surface area contributed by atoms with Crippen LogP contribution < -0.4 is 9.47 Å². The molecule has 26 heavy (non-hydrogen) atoms. The first-order valence-electron chi connectivity index (χ1n) is 8.59. The second-order valence-corrected chi connectivity index (χ2v) is 6.20. The summed E-state index contributed by atoms with van der Waals surface area (Å²) < 4.78 is 16.4. The molecule has 0 aromatic heterocycles. The Balaban J connectivity index is 2.43. The number of methoxy groups -OCH3 is 2. The van der Waals surface area contributed by atoms with Crippen LogP contribution in [0, 0.1) is 6.92 Å². The third-order valence-electron chi connectivity index (χ3n) is 4.27. The van der Waals surface area contributed by atoms with Gasteiger partial charge in [-0.15, -0.1) is 0 Å². The standard InChI is InChI=1S/C22H26O4/c1-15-8-6-7-9-18(15)10-11-19-12-13-20(24-4)21(22(19)25-5)16(2)14-26-17(3)23/h6-13,16H,14H2,1-5H3. The molecule has 138 valence electrons. The summed E-state index contributed by atoms with van der Waals surface area (Å²) in [6.45, 7) is 5.74. The van der Waals surface area contributed by atoms with Gasteiger partial charge in [0.2, 0.25) is 0 Å². The van der Waals surface area contributed by atoms with Crippen molar-refractivity contribution in [1.29, 1.82) is 0 Å². The maximum absolute atomic E-state index is 11.2. The van der Waals surface area contributed by atoms with Gasteiger partial charge in [0, 0.05) is 24.0 Å². The molecule has 0 spiro atoms. The van der Waals surface area contributed by atoms with Gasteiger partial charge in [0.25, 0.3) is 0 Å². The fraction of sp³-hybridized carbons (Fsp3) is 0.318. The Morgan fingerprint density at radius 3 is 2.35 bits per heavy atom. The molecule has 2 aromatic rings. The van der Waals surface area contributed by atoms with E-state index in [1.165, 1.54) is 12.5 Å². The van der Waals surface area contributed by atoms with Gasteiger partial charge in [-0.2, -0.15) is 0 Å². The number of hydrogen-bond acceptors (Lipinski definition) is 4. The highest BCUT2D eigenvalue weighted by atomic mass is 16.5. The van der Waals surface area contributed by atoms with Gasteiger partial charge >= 0.3 is 5.97 Å². The molecule has 0 aliphatic rings. The summed E-state index contributed by atoms with van der Waals surface area (Å²) in [4.78, 5) is 11.2. The topological polar surface area (TPSA) is 44.8 Å². The van der Waals surface area contributed by atoms with Crippen LogP contribution in [0.3, 0.4) is 0 Å². The van der Waals surface area contributed by atoms with E-state index in [-0.39, 0.29) is 18.5 Å². The molecule has 0 radical (unpaired) electrons. The summed E-state index contributed by atoms with van der Waals surface area (Å²) in [6, 6.07) is 12.1. The van der Waals surface area contributed by atoms with Crippen molar-refractivity contribution in [1.82, 2.24) is 0 Å². The molecular formula is C22H26O4. The predicted molar refractivity (Wildman–Crippen MR) is 105 cm³/mol. The summed E-state index contributed by atoms with van der Waals surface area (Å²) in [6.07, 6.45) is 4.10. The van der Waals surface area contributed by atoms with Crippen molar-refractivity contribution in [3.8, 4) is 11.5 Å². The molecule has 0 bridgehead atoms. The average molecular weight is 354 g/mol. The van der Waals surface area contributed by atoms with Crippen LogP contribution in [-0.2, 0) is 9.53 Å². The van der Waals surface area contributed by atoms with Crippen LogP contribution in [0.2, 0.25) is 0 Å². The fourth-order valence-electron chi connectivity index (χ4n) is 2.88. The lowest BCUT2D eigenvalue weighted by Crippen LogP contribution is -2.11. The van der Waals surface area contributed by atoms with Gasteiger partial charge in [-0.1, -0.05) is 43.3 Å². The molecule has 0 amide bonds. The third kappa shape index (κ3) is 4.66. The summed E-state index contributed by atoms with van der Waals surface area (Å²) in [5, 5.41) is 0. The zero-order valence-corrected chi connectivity index (χ0v) is 16.0. The lowest BCUT2D eigenvalue weighted by atomic mass is 9.96. The van der Waals surface area contributed by atoms with Crippen LogP contribution >= 0.6 is 0 Å².